The van der Waals surface area contributed by atoms with Crippen LogP contribution in [0.3, 0.4) is 0 Å². The van der Waals surface area contributed by atoms with Crippen LogP contribution >= 0.6 is 11.8 Å². The highest BCUT2D eigenvalue weighted by molar-refractivity contribution is 8.13. The Kier molecular flexibility index (Phi) is 7.46. The second kappa shape index (κ2) is 7.72. The maximum absolute atomic E-state index is 5.38. The largest absolute Gasteiger partial charge is 0.377 e. The average molecular weight is 175 g/mol. The number of hydrogen-bond acceptors (Lipinski definition) is 3. The highest BCUT2D eigenvalue weighted by Crippen LogP contribution is 2.06. The van der Waals surface area contributed by atoms with Gasteiger partial charge in [0.2, 0.25) is 0 Å². The van der Waals surface area contributed by atoms with Gasteiger partial charge in [-0.05, 0) is 6.42 Å². The SMILES string of the molecule is CCCCCCSC(N)=NN. The van der Waals surface area contributed by atoms with Crippen molar-refractivity contribution < 1.29 is 0 Å². The minimum absolute atomic E-state index is 0.487. The van der Waals surface area contributed by atoms with Crippen LogP contribution in [0.4, 0.5) is 0 Å². The van der Waals surface area contributed by atoms with E-state index in [1.807, 2.05) is 0 Å². The summed E-state index contributed by atoms with van der Waals surface area (Å²) in [5.41, 5.74) is 5.38. The normalized spacial score (nSPS) is 11.9. The van der Waals surface area contributed by atoms with E-state index in [1.54, 1.807) is 0 Å². The zero-order chi connectivity index (χ0) is 8.53. The fraction of sp³-hybridized carbons (Fsp3) is 0.857. The summed E-state index contributed by atoms with van der Waals surface area (Å²) >= 11 is 1.53. The van der Waals surface area contributed by atoms with Gasteiger partial charge >= 0.3 is 0 Å². The highest BCUT2D eigenvalue weighted by atomic mass is 32.2. The van der Waals surface area contributed by atoms with Crippen LogP contribution in [-0.2, 0) is 0 Å². The van der Waals surface area contributed by atoms with E-state index in [9.17, 15) is 0 Å². The standard InChI is InChI=1S/C7H17N3S/c1-2-3-4-5-6-11-7(8)10-9/h2-6,9H2,1H3,(H2,8,10). The first kappa shape index (κ1) is 10.6. The third-order valence-corrected chi connectivity index (χ3v) is 2.27. The maximum atomic E-state index is 5.38. The van der Waals surface area contributed by atoms with Crippen molar-refractivity contribution in [1.29, 1.82) is 0 Å². The molecule has 4 N–H and O–H groups in total. The van der Waals surface area contributed by atoms with E-state index in [1.165, 1.54) is 37.4 Å². The molecule has 0 aliphatic heterocycles. The van der Waals surface area contributed by atoms with Crippen molar-refractivity contribution in [1.82, 2.24) is 0 Å². The molecular weight excluding hydrogens is 158 g/mol. The predicted molar refractivity (Wildman–Crippen MR) is 52.4 cm³/mol. The van der Waals surface area contributed by atoms with Crippen molar-refractivity contribution in [3.05, 3.63) is 0 Å². The Morgan fingerprint density at radius 2 is 2.09 bits per heavy atom. The molecule has 0 aromatic heterocycles. The van der Waals surface area contributed by atoms with E-state index in [0.717, 1.165) is 5.75 Å². The third-order valence-electron chi connectivity index (χ3n) is 1.38. The Morgan fingerprint density at radius 1 is 1.36 bits per heavy atom. The van der Waals surface area contributed by atoms with Gasteiger partial charge in [-0.15, -0.1) is 0 Å². The van der Waals surface area contributed by atoms with Crippen molar-refractivity contribution in [2.24, 2.45) is 16.7 Å². The summed E-state index contributed by atoms with van der Waals surface area (Å²) in [5, 5.41) is 3.85. The van der Waals surface area contributed by atoms with Gasteiger partial charge < -0.3 is 11.6 Å². The van der Waals surface area contributed by atoms with Crippen LogP contribution in [0.25, 0.3) is 0 Å². The number of amidine groups is 1. The second-order valence-corrected chi connectivity index (χ2v) is 3.49. The Bertz CT molecular complexity index is 114. The summed E-state index contributed by atoms with van der Waals surface area (Å²) in [5.74, 6) is 5.99. The van der Waals surface area contributed by atoms with E-state index in [4.69, 9.17) is 11.6 Å². The van der Waals surface area contributed by atoms with Crippen molar-refractivity contribution in [2.45, 2.75) is 32.6 Å². The third kappa shape index (κ3) is 7.52. The quantitative estimate of drug-likeness (QED) is 0.219. The molecular formula is C7H17N3S. The van der Waals surface area contributed by atoms with E-state index in [0.29, 0.717) is 5.17 Å². The van der Waals surface area contributed by atoms with Crippen LogP contribution in [0.1, 0.15) is 32.6 Å². The lowest BCUT2D eigenvalue weighted by Crippen LogP contribution is -2.09. The van der Waals surface area contributed by atoms with Gasteiger partial charge in [-0.1, -0.05) is 37.9 Å². The maximum Gasteiger partial charge on any atom is 0.177 e. The molecule has 0 fully saturated rings. The second-order valence-electron chi connectivity index (χ2n) is 2.38. The average Bonchev–Trinajstić information content (AvgIpc) is 2.04. The van der Waals surface area contributed by atoms with E-state index >= 15 is 0 Å². The smallest absolute Gasteiger partial charge is 0.177 e. The minimum atomic E-state index is 0.487. The fourth-order valence-corrected chi connectivity index (χ4v) is 1.37. The summed E-state index contributed by atoms with van der Waals surface area (Å²) in [6.45, 7) is 2.20. The van der Waals surface area contributed by atoms with Crippen LogP contribution in [0.2, 0.25) is 0 Å². The molecule has 0 amide bonds. The highest BCUT2D eigenvalue weighted by Gasteiger charge is 1.92. The summed E-state index contributed by atoms with van der Waals surface area (Å²) in [6.07, 6.45) is 5.06. The summed E-state index contributed by atoms with van der Waals surface area (Å²) in [6, 6.07) is 0. The molecule has 3 nitrogen and oxygen atoms in total. The predicted octanol–water partition coefficient (Wildman–Crippen LogP) is 1.49. The molecule has 0 aliphatic carbocycles. The van der Waals surface area contributed by atoms with Crippen molar-refractivity contribution in [3.8, 4) is 0 Å². The van der Waals surface area contributed by atoms with Crippen molar-refractivity contribution in [3.63, 3.8) is 0 Å². The van der Waals surface area contributed by atoms with E-state index in [2.05, 4.69) is 12.0 Å². The van der Waals surface area contributed by atoms with E-state index < -0.39 is 0 Å². The molecule has 0 unspecified atom stereocenters. The molecule has 0 saturated heterocycles. The molecule has 0 saturated carbocycles. The molecule has 0 radical (unpaired) electrons. The lowest BCUT2D eigenvalue weighted by molar-refractivity contribution is 0.707. The van der Waals surface area contributed by atoms with Gasteiger partial charge in [-0.2, -0.15) is 5.10 Å². The Labute approximate surface area is 72.6 Å². The first-order valence-electron chi connectivity index (χ1n) is 3.97. The topological polar surface area (TPSA) is 64.4 Å². The number of hydrazone groups is 1. The van der Waals surface area contributed by atoms with Crippen molar-refractivity contribution in [2.75, 3.05) is 5.75 Å². The Balaban J connectivity index is 3.02. The lowest BCUT2D eigenvalue weighted by atomic mass is 10.2. The first-order chi connectivity index (χ1) is 5.31. The van der Waals surface area contributed by atoms with Gasteiger partial charge in [-0.3, -0.25) is 0 Å². The van der Waals surface area contributed by atoms with Gasteiger partial charge in [0.25, 0.3) is 0 Å². The molecule has 66 valence electrons. The summed E-state index contributed by atoms with van der Waals surface area (Å²) in [7, 11) is 0. The first-order valence-corrected chi connectivity index (χ1v) is 4.96. The molecule has 0 rings (SSSR count). The van der Waals surface area contributed by atoms with Crippen LogP contribution in [0.5, 0.6) is 0 Å². The lowest BCUT2D eigenvalue weighted by Gasteiger charge is -1.98. The molecule has 0 aromatic carbocycles. The van der Waals surface area contributed by atoms with Crippen LogP contribution in [0, 0.1) is 0 Å². The number of unbranched alkanes of at least 4 members (excludes halogenated alkanes) is 3. The zero-order valence-electron chi connectivity index (χ0n) is 7.05. The van der Waals surface area contributed by atoms with Gasteiger partial charge in [-0.25, -0.2) is 0 Å². The van der Waals surface area contributed by atoms with Gasteiger partial charge in [0.15, 0.2) is 5.17 Å². The summed E-state index contributed by atoms with van der Waals surface area (Å²) < 4.78 is 0. The Morgan fingerprint density at radius 3 is 2.64 bits per heavy atom. The Hall–Kier alpha value is -0.380. The number of nitrogens with two attached hydrogens (primary N) is 2. The van der Waals surface area contributed by atoms with Crippen LogP contribution < -0.4 is 11.6 Å². The number of rotatable bonds is 5. The monoisotopic (exact) mass is 175 g/mol. The molecule has 0 aliphatic rings. The van der Waals surface area contributed by atoms with Gasteiger partial charge in [0.1, 0.15) is 0 Å². The fourth-order valence-electron chi connectivity index (χ4n) is 0.743. The molecule has 4 heteroatoms. The van der Waals surface area contributed by atoms with E-state index in [-0.39, 0.29) is 0 Å². The number of hydrogen-bond donors (Lipinski definition) is 2. The molecule has 0 bridgehead atoms. The molecule has 0 aromatic rings. The molecule has 11 heavy (non-hydrogen) atoms. The zero-order valence-corrected chi connectivity index (χ0v) is 7.86. The number of thioether (sulfide) groups is 1. The minimum Gasteiger partial charge on any atom is -0.377 e. The van der Waals surface area contributed by atoms with Crippen LogP contribution in [-0.4, -0.2) is 10.9 Å². The van der Waals surface area contributed by atoms with Gasteiger partial charge in [0, 0.05) is 5.75 Å². The molecule has 0 atom stereocenters. The van der Waals surface area contributed by atoms with Gasteiger partial charge in [0.05, 0.1) is 0 Å². The molecule has 0 heterocycles. The van der Waals surface area contributed by atoms with Crippen molar-refractivity contribution >= 4 is 16.9 Å². The number of nitrogens with zero attached hydrogens (tertiary/aromatic N) is 1. The molecule has 0 spiro atoms. The van der Waals surface area contributed by atoms with Crippen LogP contribution in [0.15, 0.2) is 5.10 Å². The summed E-state index contributed by atoms with van der Waals surface area (Å²) in [4.78, 5) is 0.